The highest BCUT2D eigenvalue weighted by atomic mass is 19.3. The van der Waals surface area contributed by atoms with Gasteiger partial charge in [-0.2, -0.15) is 0 Å². The molecule has 7 heteroatoms. The van der Waals surface area contributed by atoms with Crippen molar-refractivity contribution in [1.29, 1.82) is 0 Å². The molecule has 0 spiro atoms. The first-order chi connectivity index (χ1) is 9.53. The standard InChI is InChI=1S/C14H27F2NO4/c1-13(2,3)21-12(19)17-11(5-7-14(4,15)16)6-9-20-10-8-18/h11,18H,5-10H2,1-4H3,(H,17,19). The van der Waals surface area contributed by atoms with Crippen LogP contribution in [0.2, 0.25) is 0 Å². The van der Waals surface area contributed by atoms with Crippen LogP contribution in [0.15, 0.2) is 0 Å². The molecule has 0 aromatic carbocycles. The Bertz CT molecular complexity index is 300. The van der Waals surface area contributed by atoms with E-state index in [9.17, 15) is 13.6 Å². The molecule has 5 nitrogen and oxygen atoms in total. The van der Waals surface area contributed by atoms with Crippen LogP contribution in [0.1, 0.15) is 47.0 Å². The summed E-state index contributed by atoms with van der Waals surface area (Å²) in [6, 6.07) is -0.454. The Hall–Kier alpha value is -0.950. The SMILES string of the molecule is CC(F)(F)CCC(CCOCCO)NC(=O)OC(C)(C)C. The van der Waals surface area contributed by atoms with Gasteiger partial charge in [0.2, 0.25) is 5.92 Å². The van der Waals surface area contributed by atoms with Crippen molar-refractivity contribution in [2.24, 2.45) is 0 Å². The molecule has 0 aliphatic carbocycles. The number of aliphatic hydroxyl groups is 1. The van der Waals surface area contributed by atoms with Gasteiger partial charge in [0.1, 0.15) is 5.60 Å². The lowest BCUT2D eigenvalue weighted by molar-refractivity contribution is 0.00494. The number of halogens is 2. The Balaban J connectivity index is 4.32. The summed E-state index contributed by atoms with van der Waals surface area (Å²) in [5, 5.41) is 11.2. The Labute approximate surface area is 125 Å². The summed E-state index contributed by atoms with van der Waals surface area (Å²) in [7, 11) is 0. The number of rotatable bonds is 9. The molecule has 0 rings (SSSR count). The van der Waals surface area contributed by atoms with E-state index < -0.39 is 23.7 Å². The number of amides is 1. The summed E-state index contributed by atoms with van der Waals surface area (Å²) in [6.45, 7) is 6.39. The van der Waals surface area contributed by atoms with E-state index in [4.69, 9.17) is 14.6 Å². The van der Waals surface area contributed by atoms with Crippen molar-refractivity contribution in [2.75, 3.05) is 19.8 Å². The van der Waals surface area contributed by atoms with Crippen LogP contribution in [0.25, 0.3) is 0 Å². The molecule has 0 saturated heterocycles. The van der Waals surface area contributed by atoms with Crippen molar-refractivity contribution in [1.82, 2.24) is 5.32 Å². The third-order valence-corrected chi connectivity index (χ3v) is 2.50. The van der Waals surface area contributed by atoms with Crippen molar-refractivity contribution in [3.05, 3.63) is 0 Å². The van der Waals surface area contributed by atoms with Gasteiger partial charge < -0.3 is 19.9 Å². The lowest BCUT2D eigenvalue weighted by atomic mass is 10.1. The van der Waals surface area contributed by atoms with Gasteiger partial charge >= 0.3 is 6.09 Å². The van der Waals surface area contributed by atoms with Crippen LogP contribution in [0, 0.1) is 0 Å². The molecule has 1 atom stereocenters. The molecule has 0 aliphatic heterocycles. The number of carbonyl (C=O) groups is 1. The largest absolute Gasteiger partial charge is 0.444 e. The lowest BCUT2D eigenvalue weighted by Crippen LogP contribution is -2.40. The zero-order chi connectivity index (χ0) is 16.5. The number of alkyl halides is 2. The third-order valence-electron chi connectivity index (χ3n) is 2.50. The van der Waals surface area contributed by atoms with E-state index in [1.807, 2.05) is 0 Å². The summed E-state index contributed by atoms with van der Waals surface area (Å²) in [5.41, 5.74) is -0.642. The number of hydrogen-bond acceptors (Lipinski definition) is 4. The van der Waals surface area contributed by atoms with Gasteiger partial charge in [0, 0.05) is 19.1 Å². The van der Waals surface area contributed by atoms with E-state index in [1.54, 1.807) is 20.8 Å². The van der Waals surface area contributed by atoms with Gasteiger partial charge in [0.05, 0.1) is 13.2 Å². The lowest BCUT2D eigenvalue weighted by Gasteiger charge is -2.24. The molecule has 0 radical (unpaired) electrons. The van der Waals surface area contributed by atoms with Crippen molar-refractivity contribution >= 4 is 6.09 Å². The number of aliphatic hydroxyl groups excluding tert-OH is 1. The van der Waals surface area contributed by atoms with Crippen molar-refractivity contribution in [2.45, 2.75) is 64.5 Å². The molecule has 0 bridgehead atoms. The average Bonchev–Trinajstić information content (AvgIpc) is 2.27. The molecule has 21 heavy (non-hydrogen) atoms. The molecule has 0 aromatic rings. The molecule has 0 aromatic heterocycles. The molecule has 0 heterocycles. The summed E-state index contributed by atoms with van der Waals surface area (Å²) >= 11 is 0. The van der Waals surface area contributed by atoms with Gasteiger partial charge in [-0.1, -0.05) is 0 Å². The van der Waals surface area contributed by atoms with E-state index >= 15 is 0 Å². The van der Waals surface area contributed by atoms with Gasteiger partial charge in [-0.05, 0) is 40.5 Å². The van der Waals surface area contributed by atoms with Crippen LogP contribution < -0.4 is 5.32 Å². The molecule has 1 unspecified atom stereocenters. The van der Waals surface area contributed by atoms with Gasteiger partial charge in [-0.15, -0.1) is 0 Å². The quantitative estimate of drug-likeness (QED) is 0.643. The van der Waals surface area contributed by atoms with Crippen molar-refractivity contribution in [3.63, 3.8) is 0 Å². The van der Waals surface area contributed by atoms with Crippen LogP contribution in [0.3, 0.4) is 0 Å². The predicted octanol–water partition coefficient (Wildman–Crippen LogP) is 2.71. The minimum absolute atomic E-state index is 0.100. The van der Waals surface area contributed by atoms with Crippen LogP contribution in [0.4, 0.5) is 13.6 Å². The second kappa shape index (κ2) is 9.15. The molecule has 0 fully saturated rings. The third kappa shape index (κ3) is 13.8. The number of nitrogens with one attached hydrogen (secondary N) is 1. The highest BCUT2D eigenvalue weighted by Crippen LogP contribution is 2.21. The van der Waals surface area contributed by atoms with E-state index in [1.165, 1.54) is 0 Å². The maximum absolute atomic E-state index is 12.9. The number of carbonyl (C=O) groups excluding carboxylic acids is 1. The van der Waals surface area contributed by atoms with Crippen LogP contribution in [0.5, 0.6) is 0 Å². The maximum atomic E-state index is 12.9. The summed E-state index contributed by atoms with van der Waals surface area (Å²) < 4.78 is 36.1. The predicted molar refractivity (Wildman–Crippen MR) is 75.5 cm³/mol. The maximum Gasteiger partial charge on any atom is 0.407 e. The highest BCUT2D eigenvalue weighted by Gasteiger charge is 2.25. The monoisotopic (exact) mass is 311 g/mol. The van der Waals surface area contributed by atoms with Gasteiger partial charge in [0.25, 0.3) is 0 Å². The number of ether oxygens (including phenoxy) is 2. The first-order valence-electron chi connectivity index (χ1n) is 7.09. The highest BCUT2D eigenvalue weighted by molar-refractivity contribution is 5.68. The van der Waals surface area contributed by atoms with Gasteiger partial charge in [0.15, 0.2) is 0 Å². The Morgan fingerprint density at radius 2 is 1.81 bits per heavy atom. The van der Waals surface area contributed by atoms with Crippen molar-refractivity contribution in [3.8, 4) is 0 Å². The van der Waals surface area contributed by atoms with E-state index in [0.717, 1.165) is 6.92 Å². The first kappa shape index (κ1) is 20.1. The molecule has 0 saturated carbocycles. The number of alkyl carbamates (subject to hydrolysis) is 1. The fraction of sp³-hybridized carbons (Fsp3) is 0.929. The topological polar surface area (TPSA) is 67.8 Å². The van der Waals surface area contributed by atoms with Crippen molar-refractivity contribution < 1.29 is 28.2 Å². The van der Waals surface area contributed by atoms with E-state index in [0.29, 0.717) is 6.42 Å². The van der Waals surface area contributed by atoms with Gasteiger partial charge in [-0.25, -0.2) is 13.6 Å². The molecule has 0 aliphatic rings. The Kier molecular flexibility index (Phi) is 8.73. The minimum atomic E-state index is -2.78. The molecular formula is C14H27F2NO4. The minimum Gasteiger partial charge on any atom is -0.444 e. The molecule has 2 N–H and O–H groups in total. The smallest absolute Gasteiger partial charge is 0.407 e. The summed E-state index contributed by atoms with van der Waals surface area (Å²) in [4.78, 5) is 11.7. The second-order valence-corrected chi connectivity index (χ2v) is 6.08. The molecule has 1 amide bonds. The van der Waals surface area contributed by atoms with Crippen LogP contribution >= 0.6 is 0 Å². The van der Waals surface area contributed by atoms with Gasteiger partial charge in [-0.3, -0.25) is 0 Å². The zero-order valence-corrected chi connectivity index (χ0v) is 13.2. The fourth-order valence-corrected chi connectivity index (χ4v) is 1.58. The number of hydrogen-bond donors (Lipinski definition) is 2. The van der Waals surface area contributed by atoms with Crippen LogP contribution in [-0.4, -0.2) is 48.6 Å². The Morgan fingerprint density at radius 3 is 2.29 bits per heavy atom. The molecule has 126 valence electrons. The molecular weight excluding hydrogens is 284 g/mol. The van der Waals surface area contributed by atoms with E-state index in [-0.39, 0.29) is 32.7 Å². The Morgan fingerprint density at radius 1 is 1.19 bits per heavy atom. The second-order valence-electron chi connectivity index (χ2n) is 6.08. The first-order valence-corrected chi connectivity index (χ1v) is 7.09. The van der Waals surface area contributed by atoms with Crippen LogP contribution in [-0.2, 0) is 9.47 Å². The van der Waals surface area contributed by atoms with E-state index in [2.05, 4.69) is 5.32 Å². The zero-order valence-electron chi connectivity index (χ0n) is 13.2. The fourth-order valence-electron chi connectivity index (χ4n) is 1.58. The normalized spacial score (nSPS) is 13.9. The summed E-state index contributed by atoms with van der Waals surface area (Å²) in [6.07, 6.45) is -0.442. The average molecular weight is 311 g/mol. The summed E-state index contributed by atoms with van der Waals surface area (Å²) in [5.74, 6) is -2.78.